The van der Waals surface area contributed by atoms with Gasteiger partial charge in [-0.05, 0) is 44.7 Å². The molecule has 5 nitrogen and oxygen atoms in total. The maximum Gasteiger partial charge on any atom is 0.279 e. The Morgan fingerprint density at radius 3 is 2.33 bits per heavy atom. The van der Waals surface area contributed by atoms with Crippen LogP contribution in [0.4, 0.5) is 0 Å². The van der Waals surface area contributed by atoms with Crippen molar-refractivity contribution in [2.24, 2.45) is 5.92 Å². The summed E-state index contributed by atoms with van der Waals surface area (Å²) in [5.41, 5.74) is 0. The molecule has 0 aromatic heterocycles. The van der Waals surface area contributed by atoms with Crippen LogP contribution in [0.3, 0.4) is 0 Å². The van der Waals surface area contributed by atoms with E-state index in [2.05, 4.69) is 16.5 Å². The molecule has 1 aliphatic heterocycles. The maximum atomic E-state index is 12.3. The van der Waals surface area contributed by atoms with Crippen LogP contribution in [0.25, 0.3) is 0 Å². The van der Waals surface area contributed by atoms with Crippen molar-refractivity contribution in [2.75, 3.05) is 33.2 Å². The Morgan fingerprint density at radius 2 is 1.71 bits per heavy atom. The topological polar surface area (TPSA) is 52.7 Å². The number of hydrogen-bond donors (Lipinski definition) is 1. The highest BCUT2D eigenvalue weighted by atomic mass is 32.2. The van der Waals surface area contributed by atoms with Gasteiger partial charge in [-0.25, -0.2) is 4.72 Å². The normalized spacial score (nSPS) is 23.8. The molecule has 1 N–H and O–H groups in total. The zero-order valence-electron chi connectivity index (χ0n) is 13.6. The van der Waals surface area contributed by atoms with E-state index in [1.165, 1.54) is 19.3 Å². The largest absolute Gasteiger partial charge is 0.302 e. The molecule has 0 aromatic rings. The average molecular weight is 317 g/mol. The molecule has 0 unspecified atom stereocenters. The highest BCUT2D eigenvalue weighted by Gasteiger charge is 2.27. The van der Waals surface area contributed by atoms with E-state index in [-0.39, 0.29) is 6.04 Å². The van der Waals surface area contributed by atoms with Gasteiger partial charge in [-0.1, -0.05) is 26.2 Å². The quantitative estimate of drug-likeness (QED) is 0.813. The summed E-state index contributed by atoms with van der Waals surface area (Å²) in [5, 5.41) is 0. The lowest BCUT2D eigenvalue weighted by Crippen LogP contribution is -2.47. The third-order valence-electron chi connectivity index (χ3n) is 5.06. The second-order valence-electron chi connectivity index (χ2n) is 6.73. The van der Waals surface area contributed by atoms with Crippen molar-refractivity contribution in [3.05, 3.63) is 0 Å². The maximum absolute atomic E-state index is 12.3. The minimum atomic E-state index is -3.31. The summed E-state index contributed by atoms with van der Waals surface area (Å²) >= 11 is 0. The SMILES string of the molecule is CC1CCN(CCNS(=O)(=O)N(C)C2CCCCC2)CC1. The number of piperidine rings is 1. The lowest BCUT2D eigenvalue weighted by atomic mass is 9.96. The van der Waals surface area contributed by atoms with Crippen molar-refractivity contribution >= 4 is 10.2 Å². The van der Waals surface area contributed by atoms with E-state index < -0.39 is 10.2 Å². The van der Waals surface area contributed by atoms with Crippen molar-refractivity contribution in [1.82, 2.24) is 13.9 Å². The number of nitrogens with zero attached hydrogens (tertiary/aromatic N) is 2. The summed E-state index contributed by atoms with van der Waals surface area (Å²) in [4.78, 5) is 2.36. The van der Waals surface area contributed by atoms with Crippen LogP contribution in [0.15, 0.2) is 0 Å². The van der Waals surface area contributed by atoms with Gasteiger partial charge in [0.05, 0.1) is 0 Å². The molecule has 2 fully saturated rings. The van der Waals surface area contributed by atoms with Gasteiger partial charge in [0.1, 0.15) is 0 Å². The number of nitrogens with one attached hydrogen (secondary N) is 1. The van der Waals surface area contributed by atoms with E-state index >= 15 is 0 Å². The van der Waals surface area contributed by atoms with E-state index in [1.54, 1.807) is 11.4 Å². The van der Waals surface area contributed by atoms with Crippen LogP contribution in [0.2, 0.25) is 0 Å². The van der Waals surface area contributed by atoms with Gasteiger partial charge in [-0.15, -0.1) is 0 Å². The monoisotopic (exact) mass is 317 g/mol. The van der Waals surface area contributed by atoms with E-state index in [9.17, 15) is 8.42 Å². The standard InChI is InChI=1S/C15H31N3O2S/c1-14-8-11-18(12-9-14)13-10-16-21(19,20)17(2)15-6-4-3-5-7-15/h14-16H,3-13H2,1-2H3. The molecule has 0 radical (unpaired) electrons. The Morgan fingerprint density at radius 1 is 1.10 bits per heavy atom. The van der Waals surface area contributed by atoms with Gasteiger partial charge in [-0.3, -0.25) is 0 Å². The zero-order valence-corrected chi connectivity index (χ0v) is 14.4. The molecular weight excluding hydrogens is 286 g/mol. The molecule has 1 saturated carbocycles. The third kappa shape index (κ3) is 5.20. The predicted octanol–water partition coefficient (Wildman–Crippen LogP) is 1.82. The fourth-order valence-electron chi connectivity index (χ4n) is 3.36. The Balaban J connectivity index is 1.73. The van der Waals surface area contributed by atoms with Crippen molar-refractivity contribution in [3.63, 3.8) is 0 Å². The molecule has 0 spiro atoms. The summed E-state index contributed by atoms with van der Waals surface area (Å²) < 4.78 is 29.0. The third-order valence-corrected chi connectivity index (χ3v) is 6.68. The molecule has 1 heterocycles. The van der Waals surface area contributed by atoms with Crippen molar-refractivity contribution < 1.29 is 8.42 Å². The summed E-state index contributed by atoms with van der Waals surface area (Å²) in [5.74, 6) is 0.815. The van der Waals surface area contributed by atoms with Crippen LogP contribution in [-0.4, -0.2) is 56.9 Å². The first-order chi connectivity index (χ1) is 9.99. The van der Waals surface area contributed by atoms with E-state index in [1.807, 2.05) is 0 Å². The van der Waals surface area contributed by atoms with Gasteiger partial charge < -0.3 is 4.90 Å². The summed E-state index contributed by atoms with van der Waals surface area (Å²) in [6.45, 7) is 5.83. The van der Waals surface area contributed by atoms with Gasteiger partial charge in [0.2, 0.25) is 0 Å². The molecule has 0 bridgehead atoms. The number of hydrogen-bond acceptors (Lipinski definition) is 3. The average Bonchev–Trinajstić information content (AvgIpc) is 2.49. The lowest BCUT2D eigenvalue weighted by Gasteiger charge is -2.32. The Hall–Kier alpha value is -0.170. The molecule has 124 valence electrons. The zero-order chi connectivity index (χ0) is 15.3. The summed E-state index contributed by atoms with van der Waals surface area (Å²) in [6.07, 6.45) is 8.00. The molecular formula is C15H31N3O2S. The van der Waals surface area contributed by atoms with Crippen molar-refractivity contribution in [1.29, 1.82) is 0 Å². The lowest BCUT2D eigenvalue weighted by molar-refractivity contribution is 0.195. The molecule has 6 heteroatoms. The fourth-order valence-corrected chi connectivity index (χ4v) is 4.52. The van der Waals surface area contributed by atoms with Crippen LogP contribution >= 0.6 is 0 Å². The van der Waals surface area contributed by atoms with E-state index in [0.29, 0.717) is 6.54 Å². The van der Waals surface area contributed by atoms with Crippen LogP contribution < -0.4 is 4.72 Å². The van der Waals surface area contributed by atoms with Crippen LogP contribution in [0, 0.1) is 5.92 Å². The summed E-state index contributed by atoms with van der Waals surface area (Å²) in [6, 6.07) is 0.187. The smallest absolute Gasteiger partial charge is 0.279 e. The highest BCUT2D eigenvalue weighted by Crippen LogP contribution is 2.23. The van der Waals surface area contributed by atoms with Gasteiger partial charge in [0.15, 0.2) is 0 Å². The molecule has 0 aromatic carbocycles. The van der Waals surface area contributed by atoms with Gasteiger partial charge >= 0.3 is 0 Å². The second kappa shape index (κ2) is 7.90. The first kappa shape index (κ1) is 17.2. The molecule has 1 aliphatic carbocycles. The molecule has 21 heavy (non-hydrogen) atoms. The number of likely N-dealkylation sites (tertiary alicyclic amines) is 1. The predicted molar refractivity (Wildman–Crippen MR) is 86.4 cm³/mol. The Labute approximate surface area is 130 Å². The van der Waals surface area contributed by atoms with Gasteiger partial charge in [0.25, 0.3) is 10.2 Å². The van der Waals surface area contributed by atoms with Crippen LogP contribution in [0.1, 0.15) is 51.9 Å². The van der Waals surface area contributed by atoms with E-state index in [0.717, 1.165) is 51.2 Å². The van der Waals surface area contributed by atoms with Crippen LogP contribution in [0.5, 0.6) is 0 Å². The molecule has 2 aliphatic rings. The molecule has 1 saturated heterocycles. The second-order valence-corrected chi connectivity index (χ2v) is 8.55. The van der Waals surface area contributed by atoms with Gasteiger partial charge in [0, 0.05) is 26.2 Å². The molecule has 2 rings (SSSR count). The highest BCUT2D eigenvalue weighted by molar-refractivity contribution is 7.87. The minimum absolute atomic E-state index is 0.187. The van der Waals surface area contributed by atoms with Crippen molar-refractivity contribution in [2.45, 2.75) is 57.9 Å². The Bertz CT molecular complexity index is 399. The molecule has 0 amide bonds. The fraction of sp³-hybridized carbons (Fsp3) is 1.00. The van der Waals surface area contributed by atoms with Crippen molar-refractivity contribution in [3.8, 4) is 0 Å². The Kier molecular flexibility index (Phi) is 6.47. The van der Waals surface area contributed by atoms with Crippen LogP contribution in [-0.2, 0) is 10.2 Å². The van der Waals surface area contributed by atoms with Gasteiger partial charge in [-0.2, -0.15) is 12.7 Å². The minimum Gasteiger partial charge on any atom is -0.302 e. The first-order valence-corrected chi connectivity index (χ1v) is 9.88. The summed E-state index contributed by atoms with van der Waals surface area (Å²) in [7, 11) is -1.59. The first-order valence-electron chi connectivity index (χ1n) is 8.44. The molecule has 0 atom stereocenters. The van der Waals surface area contributed by atoms with E-state index in [4.69, 9.17) is 0 Å². The number of rotatable bonds is 6.